The molecule has 1 heterocycles. The predicted molar refractivity (Wildman–Crippen MR) is 79.9 cm³/mol. The molecule has 1 aromatic heterocycles. The molecule has 0 saturated heterocycles. The minimum atomic E-state index is -0.00234. The molecular formula is C16H17N3O2. The largest absolute Gasteiger partial charge is 0.408 e. The van der Waals surface area contributed by atoms with E-state index in [2.05, 4.69) is 15.0 Å². The number of rotatable bonds is 2. The van der Waals surface area contributed by atoms with Gasteiger partial charge in [0, 0.05) is 5.56 Å². The maximum absolute atomic E-state index is 10.9. The molecule has 0 atom stereocenters. The normalized spacial score (nSPS) is 9.10. The average molecular weight is 283 g/mol. The zero-order valence-electron chi connectivity index (χ0n) is 12.5. The van der Waals surface area contributed by atoms with E-state index in [0.29, 0.717) is 11.3 Å². The van der Waals surface area contributed by atoms with Crippen LogP contribution < -0.4 is 4.74 Å². The molecule has 0 spiro atoms. The van der Waals surface area contributed by atoms with Crippen LogP contribution in [0.25, 0.3) is 0 Å². The number of aromatic nitrogens is 3. The van der Waals surface area contributed by atoms with Gasteiger partial charge in [0.05, 0.1) is 0 Å². The van der Waals surface area contributed by atoms with Gasteiger partial charge in [0.2, 0.25) is 0 Å². The van der Waals surface area contributed by atoms with Crippen LogP contribution in [0.3, 0.4) is 0 Å². The first kappa shape index (κ1) is 16.3. The summed E-state index contributed by atoms with van der Waals surface area (Å²) in [6.07, 6.45) is 6.97. The molecule has 2 aromatic rings. The number of aryl methyl sites for hydroxylation is 3. The molecule has 0 fully saturated rings. The van der Waals surface area contributed by atoms with Crippen LogP contribution in [0.5, 0.6) is 5.75 Å². The summed E-state index contributed by atoms with van der Waals surface area (Å²) in [6.45, 7) is 7.08. The highest BCUT2D eigenvalue weighted by Crippen LogP contribution is 2.12. The third kappa shape index (κ3) is 5.83. The second-order valence-corrected chi connectivity index (χ2v) is 4.28. The van der Waals surface area contributed by atoms with Gasteiger partial charge in [-0.2, -0.15) is 0 Å². The van der Waals surface area contributed by atoms with Crippen LogP contribution in [0.1, 0.15) is 34.8 Å². The van der Waals surface area contributed by atoms with Gasteiger partial charge in [-0.15, -0.1) is 0 Å². The van der Waals surface area contributed by atoms with Gasteiger partial charge in [-0.05, 0) is 39.8 Å². The van der Waals surface area contributed by atoms with E-state index in [0.717, 1.165) is 17.5 Å². The van der Waals surface area contributed by atoms with Crippen molar-refractivity contribution in [3.05, 3.63) is 47.3 Å². The van der Waals surface area contributed by atoms with Crippen molar-refractivity contribution in [3.63, 3.8) is 0 Å². The fourth-order valence-electron chi connectivity index (χ4n) is 1.62. The van der Waals surface area contributed by atoms with Gasteiger partial charge < -0.3 is 4.74 Å². The van der Waals surface area contributed by atoms with Crippen molar-refractivity contribution in [3.8, 4) is 18.3 Å². The van der Waals surface area contributed by atoms with Gasteiger partial charge in [-0.1, -0.05) is 18.6 Å². The molecule has 0 bridgehead atoms. The Morgan fingerprint density at radius 3 is 2.05 bits per heavy atom. The summed E-state index contributed by atoms with van der Waals surface area (Å²) in [6, 6.07) is 6.75. The number of Topliss-reactive ketones (excluding diaryl/α,β-unsaturated/α-hetero) is 1. The summed E-state index contributed by atoms with van der Waals surface area (Å²) in [7, 11) is 0. The van der Waals surface area contributed by atoms with E-state index >= 15 is 0 Å². The van der Waals surface area contributed by atoms with Crippen molar-refractivity contribution in [1.82, 2.24) is 15.0 Å². The third-order valence-corrected chi connectivity index (χ3v) is 2.39. The minimum Gasteiger partial charge on any atom is -0.408 e. The van der Waals surface area contributed by atoms with E-state index in [1.54, 1.807) is 24.3 Å². The molecule has 21 heavy (non-hydrogen) atoms. The number of hydrogen-bond donors (Lipinski definition) is 0. The molecule has 0 aliphatic carbocycles. The quantitative estimate of drug-likeness (QED) is 0.626. The van der Waals surface area contributed by atoms with E-state index in [-0.39, 0.29) is 5.78 Å². The van der Waals surface area contributed by atoms with Gasteiger partial charge in [-0.25, -0.2) is 15.0 Å². The lowest BCUT2D eigenvalue weighted by molar-refractivity contribution is 0.101. The molecule has 0 saturated carbocycles. The van der Waals surface area contributed by atoms with Gasteiger partial charge in [0.1, 0.15) is 29.3 Å². The van der Waals surface area contributed by atoms with Gasteiger partial charge >= 0.3 is 0 Å². The Morgan fingerprint density at radius 2 is 1.62 bits per heavy atom. The topological polar surface area (TPSA) is 65.0 Å². The molecule has 0 aliphatic heterocycles. The Hall–Kier alpha value is -2.74. The average Bonchev–Trinajstić information content (AvgIpc) is 2.38. The van der Waals surface area contributed by atoms with Gasteiger partial charge in [0.25, 0.3) is 0 Å². The highest BCUT2D eigenvalue weighted by molar-refractivity contribution is 5.94. The van der Waals surface area contributed by atoms with E-state index in [4.69, 9.17) is 11.2 Å². The van der Waals surface area contributed by atoms with Crippen molar-refractivity contribution in [2.24, 2.45) is 0 Å². The zero-order chi connectivity index (χ0) is 15.8. The van der Waals surface area contributed by atoms with Crippen LogP contribution in [0.15, 0.2) is 24.3 Å². The molecule has 5 nitrogen and oxygen atoms in total. The summed E-state index contributed by atoms with van der Waals surface area (Å²) in [4.78, 5) is 22.9. The molecule has 2 rings (SSSR count). The number of nitrogens with zero attached hydrogens (tertiary/aromatic N) is 3. The number of ketones is 1. The first-order chi connectivity index (χ1) is 9.92. The monoisotopic (exact) mass is 283 g/mol. The van der Waals surface area contributed by atoms with E-state index in [1.807, 2.05) is 26.9 Å². The standard InChI is InChI=1S/C10H8O2.C6H9N3/c1-3-12-10-6-4-5-9(7-10)8(2)11;1-4-7-5(2)9-6(3)8-4/h1,4-7H,2H3;1-3H3. The number of carbonyl (C=O) groups is 1. The Bertz CT molecular complexity index is 625. The first-order valence-corrected chi connectivity index (χ1v) is 6.31. The van der Waals surface area contributed by atoms with Crippen LogP contribution in [0.4, 0.5) is 0 Å². The molecule has 5 heteroatoms. The minimum absolute atomic E-state index is 0.00234. The summed E-state index contributed by atoms with van der Waals surface area (Å²) in [5.41, 5.74) is 0.600. The Balaban J connectivity index is 0.000000219. The van der Waals surface area contributed by atoms with E-state index in [9.17, 15) is 4.79 Å². The third-order valence-electron chi connectivity index (χ3n) is 2.39. The van der Waals surface area contributed by atoms with Crippen LogP contribution in [-0.2, 0) is 0 Å². The second kappa shape index (κ2) is 7.75. The molecule has 108 valence electrons. The van der Waals surface area contributed by atoms with Gasteiger partial charge in [0.15, 0.2) is 5.78 Å². The number of ether oxygens (including phenoxy) is 1. The van der Waals surface area contributed by atoms with Crippen LogP contribution in [0, 0.1) is 33.3 Å². The highest BCUT2D eigenvalue weighted by Gasteiger charge is 1.99. The molecule has 0 N–H and O–H groups in total. The lowest BCUT2D eigenvalue weighted by Gasteiger charge is -1.98. The number of hydrogen-bond acceptors (Lipinski definition) is 5. The number of carbonyl (C=O) groups excluding carboxylic acids is 1. The van der Waals surface area contributed by atoms with Crippen LogP contribution in [0.2, 0.25) is 0 Å². The highest BCUT2D eigenvalue weighted by atomic mass is 16.5. The lowest BCUT2D eigenvalue weighted by Crippen LogP contribution is -1.97. The zero-order valence-corrected chi connectivity index (χ0v) is 12.5. The fourth-order valence-corrected chi connectivity index (χ4v) is 1.62. The molecule has 1 aromatic carbocycles. The fraction of sp³-hybridized carbons (Fsp3) is 0.250. The maximum Gasteiger partial charge on any atom is 0.159 e. The lowest BCUT2D eigenvalue weighted by atomic mass is 10.1. The molecule has 0 radical (unpaired) electrons. The maximum atomic E-state index is 10.9. The van der Waals surface area contributed by atoms with Crippen molar-refractivity contribution in [2.45, 2.75) is 27.7 Å². The summed E-state index contributed by atoms with van der Waals surface area (Å²) < 4.78 is 4.77. The van der Waals surface area contributed by atoms with Crippen molar-refractivity contribution >= 4 is 5.78 Å². The predicted octanol–water partition coefficient (Wildman–Crippen LogP) is 2.66. The second-order valence-electron chi connectivity index (χ2n) is 4.28. The van der Waals surface area contributed by atoms with Crippen molar-refractivity contribution in [2.75, 3.05) is 0 Å². The van der Waals surface area contributed by atoms with Gasteiger partial charge in [-0.3, -0.25) is 4.79 Å². The summed E-state index contributed by atoms with van der Waals surface area (Å²) >= 11 is 0. The molecule has 0 aliphatic rings. The Labute approximate surface area is 124 Å². The van der Waals surface area contributed by atoms with Crippen molar-refractivity contribution < 1.29 is 9.53 Å². The molecule has 0 unspecified atom stereocenters. The Kier molecular flexibility index (Phi) is 6.02. The molecule has 0 amide bonds. The number of terminal acetylenes is 1. The van der Waals surface area contributed by atoms with Crippen molar-refractivity contribution in [1.29, 1.82) is 0 Å². The Morgan fingerprint density at radius 1 is 1.10 bits per heavy atom. The number of benzene rings is 1. The molecular weight excluding hydrogens is 266 g/mol. The smallest absolute Gasteiger partial charge is 0.159 e. The van der Waals surface area contributed by atoms with Crippen LogP contribution >= 0.6 is 0 Å². The SMILES string of the molecule is C#COc1cccc(C(C)=O)c1.Cc1nc(C)nc(C)n1. The summed E-state index contributed by atoms with van der Waals surface area (Å²) in [5, 5.41) is 0. The van der Waals surface area contributed by atoms with E-state index in [1.165, 1.54) is 6.92 Å². The van der Waals surface area contributed by atoms with Crippen LogP contribution in [-0.4, -0.2) is 20.7 Å². The van der Waals surface area contributed by atoms with E-state index < -0.39 is 0 Å². The first-order valence-electron chi connectivity index (χ1n) is 6.31. The summed E-state index contributed by atoms with van der Waals surface area (Å²) in [5.74, 6) is 2.89.